The molecule has 2 N–H and O–H groups in total. The lowest BCUT2D eigenvalue weighted by atomic mass is 10.2. The minimum Gasteiger partial charge on any atom is -0.355 e. The van der Waals surface area contributed by atoms with Gasteiger partial charge in [0, 0.05) is 25.7 Å². The second kappa shape index (κ2) is 4.49. The smallest absolute Gasteiger partial charge is 0.260 e. The van der Waals surface area contributed by atoms with Gasteiger partial charge in [-0.3, -0.25) is 9.59 Å². The molecular formula is C11H15N3O2. The predicted octanol–water partition coefficient (Wildman–Crippen LogP) is -0.0145. The lowest BCUT2D eigenvalue weighted by molar-refractivity contribution is 0.112. The van der Waals surface area contributed by atoms with Crippen molar-refractivity contribution in [1.82, 2.24) is 10.3 Å². The highest BCUT2D eigenvalue weighted by Gasteiger charge is 2.16. The summed E-state index contributed by atoms with van der Waals surface area (Å²) in [6, 6.07) is 3.75. The normalized spacial score (nSPS) is 20.8. The van der Waals surface area contributed by atoms with E-state index in [-0.39, 0.29) is 11.1 Å². The van der Waals surface area contributed by atoms with E-state index in [0.717, 1.165) is 25.5 Å². The molecule has 2 heterocycles. The van der Waals surface area contributed by atoms with E-state index in [4.69, 9.17) is 0 Å². The van der Waals surface area contributed by atoms with Crippen LogP contribution in [0.25, 0.3) is 0 Å². The van der Waals surface area contributed by atoms with Crippen LogP contribution in [-0.2, 0) is 0 Å². The molecule has 0 amide bonds. The topological polar surface area (TPSA) is 65.2 Å². The Kier molecular flexibility index (Phi) is 3.05. The van der Waals surface area contributed by atoms with Gasteiger partial charge in [0.05, 0.1) is 5.56 Å². The maximum Gasteiger partial charge on any atom is 0.260 e. The summed E-state index contributed by atoms with van der Waals surface area (Å²) in [5.74, 6) is 0.781. The zero-order valence-electron chi connectivity index (χ0n) is 9.19. The largest absolute Gasteiger partial charge is 0.355 e. The Hall–Kier alpha value is -1.62. The summed E-state index contributed by atoms with van der Waals surface area (Å²) in [5, 5.41) is 3.33. The van der Waals surface area contributed by atoms with Gasteiger partial charge in [0.15, 0.2) is 6.29 Å². The molecule has 1 saturated heterocycles. The number of anilines is 1. The third kappa shape index (κ3) is 2.14. The zero-order valence-corrected chi connectivity index (χ0v) is 9.19. The van der Waals surface area contributed by atoms with Crippen molar-refractivity contribution >= 4 is 12.1 Å². The van der Waals surface area contributed by atoms with Crippen LogP contribution in [0.15, 0.2) is 16.9 Å². The number of piperazine rings is 1. The number of aldehydes is 1. The van der Waals surface area contributed by atoms with Crippen molar-refractivity contribution in [2.24, 2.45) is 0 Å². The Bertz CT molecular complexity index is 441. The lowest BCUT2D eigenvalue weighted by Gasteiger charge is -2.33. The molecule has 1 aromatic rings. The molecule has 5 heteroatoms. The summed E-state index contributed by atoms with van der Waals surface area (Å²) in [5.41, 5.74) is -0.148. The summed E-state index contributed by atoms with van der Waals surface area (Å²) in [6.45, 7) is 4.72. The van der Waals surface area contributed by atoms with E-state index >= 15 is 0 Å². The zero-order chi connectivity index (χ0) is 11.5. The summed E-state index contributed by atoms with van der Waals surface area (Å²) >= 11 is 0. The molecule has 16 heavy (non-hydrogen) atoms. The van der Waals surface area contributed by atoms with Crippen molar-refractivity contribution in [1.29, 1.82) is 0 Å². The van der Waals surface area contributed by atoms with Crippen LogP contribution in [0.1, 0.15) is 17.3 Å². The van der Waals surface area contributed by atoms with Crippen molar-refractivity contribution < 1.29 is 4.79 Å². The third-order valence-corrected chi connectivity index (χ3v) is 2.76. The Morgan fingerprint density at radius 1 is 1.50 bits per heavy atom. The van der Waals surface area contributed by atoms with Gasteiger partial charge in [0.25, 0.3) is 5.56 Å². The highest BCUT2D eigenvalue weighted by atomic mass is 16.1. The average Bonchev–Trinajstić information content (AvgIpc) is 2.29. The first-order chi connectivity index (χ1) is 7.70. The Morgan fingerprint density at radius 2 is 2.31 bits per heavy atom. The molecule has 1 fully saturated rings. The van der Waals surface area contributed by atoms with Crippen molar-refractivity contribution in [2.45, 2.75) is 13.0 Å². The van der Waals surface area contributed by atoms with Gasteiger partial charge in [-0.15, -0.1) is 0 Å². The molecule has 5 nitrogen and oxygen atoms in total. The van der Waals surface area contributed by atoms with Gasteiger partial charge in [-0.2, -0.15) is 0 Å². The van der Waals surface area contributed by atoms with Crippen LogP contribution >= 0.6 is 0 Å². The molecule has 0 saturated carbocycles. The number of aromatic nitrogens is 1. The molecule has 1 aliphatic heterocycles. The monoisotopic (exact) mass is 221 g/mol. The summed E-state index contributed by atoms with van der Waals surface area (Å²) < 4.78 is 0. The van der Waals surface area contributed by atoms with Crippen molar-refractivity contribution in [3.05, 3.63) is 28.0 Å². The van der Waals surface area contributed by atoms with E-state index < -0.39 is 0 Å². The second-order valence-electron chi connectivity index (χ2n) is 4.05. The van der Waals surface area contributed by atoms with Crippen molar-refractivity contribution in [3.8, 4) is 0 Å². The van der Waals surface area contributed by atoms with Crippen molar-refractivity contribution in [3.63, 3.8) is 0 Å². The minimum atomic E-state index is -0.321. The van der Waals surface area contributed by atoms with E-state index in [1.165, 1.54) is 0 Å². The van der Waals surface area contributed by atoms with E-state index in [2.05, 4.69) is 22.1 Å². The molecule has 0 aromatic carbocycles. The quantitative estimate of drug-likeness (QED) is 0.689. The second-order valence-corrected chi connectivity index (χ2v) is 4.05. The molecule has 1 aliphatic rings. The van der Waals surface area contributed by atoms with Crippen LogP contribution in [-0.4, -0.2) is 36.9 Å². The maximum atomic E-state index is 11.5. The molecule has 2 rings (SSSR count). The van der Waals surface area contributed by atoms with Gasteiger partial charge in [0.1, 0.15) is 5.82 Å². The fourth-order valence-corrected chi connectivity index (χ4v) is 1.90. The maximum absolute atomic E-state index is 11.5. The van der Waals surface area contributed by atoms with Crippen LogP contribution in [0.3, 0.4) is 0 Å². The number of carbonyl (C=O) groups excluding carboxylic acids is 1. The minimum absolute atomic E-state index is 0.173. The molecule has 0 bridgehead atoms. The number of hydrogen-bond acceptors (Lipinski definition) is 4. The predicted molar refractivity (Wildman–Crippen MR) is 62.1 cm³/mol. The van der Waals surface area contributed by atoms with E-state index in [1.807, 2.05) is 0 Å². The number of carbonyl (C=O) groups is 1. The van der Waals surface area contributed by atoms with Crippen molar-refractivity contribution in [2.75, 3.05) is 24.5 Å². The molecule has 1 aromatic heterocycles. The number of nitrogens with zero attached hydrogens (tertiary/aromatic N) is 1. The third-order valence-electron chi connectivity index (χ3n) is 2.76. The Labute approximate surface area is 93.5 Å². The van der Waals surface area contributed by atoms with Gasteiger partial charge in [-0.1, -0.05) is 0 Å². The number of aromatic amines is 1. The molecule has 0 unspecified atom stereocenters. The van der Waals surface area contributed by atoms with Gasteiger partial charge in [-0.25, -0.2) is 0 Å². The summed E-state index contributed by atoms with van der Waals surface area (Å²) in [4.78, 5) is 26.8. The number of pyridine rings is 1. The number of hydrogen-bond donors (Lipinski definition) is 2. The van der Waals surface area contributed by atoms with Crippen LogP contribution in [0.5, 0.6) is 0 Å². The highest BCUT2D eigenvalue weighted by molar-refractivity contribution is 5.74. The first kappa shape index (κ1) is 10.9. The molecule has 0 radical (unpaired) electrons. The molecular weight excluding hydrogens is 206 g/mol. The molecule has 86 valence electrons. The lowest BCUT2D eigenvalue weighted by Crippen LogP contribution is -2.49. The average molecular weight is 221 g/mol. The van der Waals surface area contributed by atoms with Gasteiger partial charge in [-0.05, 0) is 19.1 Å². The standard InChI is InChI=1S/C11H15N3O2/c1-8-6-14(5-4-12-8)10-3-2-9(7-15)11(16)13-10/h2-3,7-8,12H,4-6H2,1H3,(H,13,16)/t8-/m1/s1. The fourth-order valence-electron chi connectivity index (χ4n) is 1.90. The van der Waals surface area contributed by atoms with Crippen LogP contribution in [0.2, 0.25) is 0 Å². The van der Waals surface area contributed by atoms with Gasteiger partial charge in [0.2, 0.25) is 0 Å². The number of rotatable bonds is 2. The molecule has 0 spiro atoms. The van der Waals surface area contributed by atoms with E-state index in [1.54, 1.807) is 12.1 Å². The molecule has 0 aliphatic carbocycles. The SMILES string of the molecule is C[C@@H]1CN(c2ccc(C=O)c(=O)[nH]2)CCN1. The van der Waals surface area contributed by atoms with Gasteiger partial charge >= 0.3 is 0 Å². The summed E-state index contributed by atoms with van der Waals surface area (Å²) in [7, 11) is 0. The number of nitrogens with one attached hydrogen (secondary N) is 2. The summed E-state index contributed by atoms with van der Waals surface area (Å²) in [6.07, 6.45) is 0.572. The van der Waals surface area contributed by atoms with Crippen LogP contribution in [0, 0.1) is 0 Å². The first-order valence-corrected chi connectivity index (χ1v) is 5.37. The van der Waals surface area contributed by atoms with E-state index in [9.17, 15) is 9.59 Å². The number of H-pyrrole nitrogens is 1. The van der Waals surface area contributed by atoms with E-state index in [0.29, 0.717) is 12.3 Å². The van der Waals surface area contributed by atoms with Crippen LogP contribution in [0.4, 0.5) is 5.82 Å². The Morgan fingerprint density at radius 3 is 2.94 bits per heavy atom. The highest BCUT2D eigenvalue weighted by Crippen LogP contribution is 2.10. The van der Waals surface area contributed by atoms with Gasteiger partial charge < -0.3 is 15.2 Å². The fraction of sp³-hybridized carbons (Fsp3) is 0.455. The first-order valence-electron chi connectivity index (χ1n) is 5.37. The Balaban J connectivity index is 2.23. The molecule has 1 atom stereocenters. The van der Waals surface area contributed by atoms with Crippen LogP contribution < -0.4 is 15.8 Å².